The third-order valence-corrected chi connectivity index (χ3v) is 3.04. The van der Waals surface area contributed by atoms with Crippen molar-refractivity contribution in [3.05, 3.63) is 18.5 Å². The summed E-state index contributed by atoms with van der Waals surface area (Å²) in [4.78, 5) is 21.6. The van der Waals surface area contributed by atoms with Gasteiger partial charge in [0.1, 0.15) is 6.10 Å². The van der Waals surface area contributed by atoms with E-state index < -0.39 is 0 Å². The summed E-state index contributed by atoms with van der Waals surface area (Å²) < 4.78 is 5.66. The van der Waals surface area contributed by atoms with Crippen molar-refractivity contribution in [1.29, 1.82) is 0 Å². The van der Waals surface area contributed by atoms with Crippen LogP contribution in [-0.2, 0) is 4.79 Å². The molecule has 0 aromatic carbocycles. The Bertz CT molecular complexity index is 388. The standard InChI is InChI=1S/C12H16ClN3O2/c13-5-4-11(17)16-8-1-3-10(9-16)18-12-14-6-2-7-15-12/h2,6-7,10H,1,3-5,8-9H2. The van der Waals surface area contributed by atoms with Crippen molar-refractivity contribution in [3.63, 3.8) is 0 Å². The predicted molar refractivity (Wildman–Crippen MR) is 67.6 cm³/mol. The molecule has 2 rings (SSSR count). The van der Waals surface area contributed by atoms with Crippen molar-refractivity contribution in [2.45, 2.75) is 25.4 Å². The Morgan fingerprint density at radius 1 is 1.50 bits per heavy atom. The number of aromatic nitrogens is 2. The lowest BCUT2D eigenvalue weighted by atomic mass is 10.1. The Hall–Kier alpha value is -1.36. The van der Waals surface area contributed by atoms with E-state index in [4.69, 9.17) is 16.3 Å². The van der Waals surface area contributed by atoms with Crippen molar-refractivity contribution < 1.29 is 9.53 Å². The summed E-state index contributed by atoms with van der Waals surface area (Å²) >= 11 is 5.58. The van der Waals surface area contributed by atoms with Gasteiger partial charge in [0.05, 0.1) is 6.54 Å². The van der Waals surface area contributed by atoms with E-state index in [1.165, 1.54) is 0 Å². The first kappa shape index (κ1) is 13.1. The Labute approximate surface area is 111 Å². The maximum absolute atomic E-state index is 11.8. The molecule has 0 bridgehead atoms. The van der Waals surface area contributed by atoms with Crippen LogP contribution in [-0.4, -0.2) is 45.8 Å². The molecule has 18 heavy (non-hydrogen) atoms. The number of amides is 1. The molecule has 0 saturated carbocycles. The molecule has 5 nitrogen and oxygen atoms in total. The SMILES string of the molecule is O=C(CCCl)N1CCCC(Oc2ncccn2)C1. The van der Waals surface area contributed by atoms with Gasteiger partial charge in [0.2, 0.25) is 5.91 Å². The van der Waals surface area contributed by atoms with Gasteiger partial charge in [-0.15, -0.1) is 11.6 Å². The first-order valence-corrected chi connectivity index (χ1v) is 6.60. The maximum Gasteiger partial charge on any atom is 0.316 e. The Morgan fingerprint density at radius 2 is 2.28 bits per heavy atom. The van der Waals surface area contributed by atoms with E-state index in [9.17, 15) is 4.79 Å². The van der Waals surface area contributed by atoms with Crippen molar-refractivity contribution in [2.75, 3.05) is 19.0 Å². The second kappa shape index (κ2) is 6.54. The van der Waals surface area contributed by atoms with Crippen molar-refractivity contribution in [1.82, 2.24) is 14.9 Å². The molecule has 6 heteroatoms. The van der Waals surface area contributed by atoms with E-state index in [-0.39, 0.29) is 12.0 Å². The van der Waals surface area contributed by atoms with Crippen LogP contribution in [0.25, 0.3) is 0 Å². The van der Waals surface area contributed by atoms with E-state index in [0.717, 1.165) is 19.4 Å². The average Bonchev–Trinajstić information content (AvgIpc) is 2.40. The van der Waals surface area contributed by atoms with Crippen LogP contribution in [0.4, 0.5) is 0 Å². The number of alkyl halides is 1. The molecule has 1 aromatic heterocycles. The van der Waals surface area contributed by atoms with Crippen LogP contribution in [0.1, 0.15) is 19.3 Å². The number of rotatable bonds is 4. The lowest BCUT2D eigenvalue weighted by molar-refractivity contribution is -0.133. The van der Waals surface area contributed by atoms with Crippen molar-refractivity contribution in [2.24, 2.45) is 0 Å². The molecule has 98 valence electrons. The van der Waals surface area contributed by atoms with E-state index >= 15 is 0 Å². The highest BCUT2D eigenvalue weighted by molar-refractivity contribution is 6.18. The summed E-state index contributed by atoms with van der Waals surface area (Å²) in [5, 5.41) is 0. The number of nitrogens with zero attached hydrogens (tertiary/aromatic N) is 3. The highest BCUT2D eigenvalue weighted by Gasteiger charge is 2.24. The zero-order valence-electron chi connectivity index (χ0n) is 10.1. The number of hydrogen-bond acceptors (Lipinski definition) is 4. The van der Waals surface area contributed by atoms with Gasteiger partial charge in [-0.3, -0.25) is 4.79 Å². The molecule has 1 unspecified atom stereocenters. The van der Waals surface area contributed by atoms with Gasteiger partial charge in [0.25, 0.3) is 0 Å². The molecule has 1 atom stereocenters. The molecule has 2 heterocycles. The van der Waals surface area contributed by atoms with Gasteiger partial charge >= 0.3 is 6.01 Å². The molecule has 0 radical (unpaired) electrons. The van der Waals surface area contributed by atoms with Gasteiger partial charge in [0.15, 0.2) is 0 Å². The maximum atomic E-state index is 11.8. The zero-order valence-corrected chi connectivity index (χ0v) is 10.8. The Morgan fingerprint density at radius 3 is 3.00 bits per heavy atom. The molecule has 0 aliphatic carbocycles. The molecule has 1 aliphatic heterocycles. The van der Waals surface area contributed by atoms with Gasteiger partial charge in [-0.25, -0.2) is 9.97 Å². The molecule has 1 saturated heterocycles. The minimum atomic E-state index is -0.0274. The van der Waals surface area contributed by atoms with Crippen LogP contribution >= 0.6 is 11.6 Å². The quantitative estimate of drug-likeness (QED) is 0.777. The molecule has 0 spiro atoms. The van der Waals surface area contributed by atoms with Crippen LogP contribution in [0.15, 0.2) is 18.5 Å². The third kappa shape index (κ3) is 3.57. The second-order valence-corrected chi connectivity index (χ2v) is 4.57. The largest absolute Gasteiger partial charge is 0.458 e. The molecule has 1 aliphatic rings. The first-order chi connectivity index (χ1) is 8.79. The fraction of sp³-hybridized carbons (Fsp3) is 0.583. The third-order valence-electron chi connectivity index (χ3n) is 2.85. The van der Waals surface area contributed by atoms with E-state index in [1.807, 2.05) is 0 Å². The predicted octanol–water partition coefficient (Wildman–Crippen LogP) is 1.48. The molecular weight excluding hydrogens is 254 g/mol. The molecule has 1 aromatic rings. The number of hydrogen-bond donors (Lipinski definition) is 0. The van der Waals surface area contributed by atoms with E-state index in [0.29, 0.717) is 24.9 Å². The van der Waals surface area contributed by atoms with Crippen molar-refractivity contribution >= 4 is 17.5 Å². The van der Waals surface area contributed by atoms with Gasteiger partial charge in [-0.1, -0.05) is 0 Å². The van der Waals surface area contributed by atoms with Crippen LogP contribution in [0.2, 0.25) is 0 Å². The second-order valence-electron chi connectivity index (χ2n) is 4.19. The lowest BCUT2D eigenvalue weighted by Gasteiger charge is -2.32. The highest BCUT2D eigenvalue weighted by Crippen LogP contribution is 2.15. The Kier molecular flexibility index (Phi) is 4.75. The molecule has 1 amide bonds. The number of piperidine rings is 1. The average molecular weight is 270 g/mol. The number of carbonyl (C=O) groups excluding carboxylic acids is 1. The number of likely N-dealkylation sites (tertiary alicyclic amines) is 1. The summed E-state index contributed by atoms with van der Waals surface area (Å²) in [6.07, 6.45) is 5.49. The van der Waals surface area contributed by atoms with Crippen molar-refractivity contribution in [3.8, 4) is 6.01 Å². The van der Waals surface area contributed by atoms with Crippen LogP contribution in [0.5, 0.6) is 6.01 Å². The van der Waals surface area contributed by atoms with E-state index in [2.05, 4.69) is 9.97 Å². The van der Waals surface area contributed by atoms with Crippen LogP contribution in [0, 0.1) is 0 Å². The van der Waals surface area contributed by atoms with Gasteiger partial charge in [0, 0.05) is 31.2 Å². The topological polar surface area (TPSA) is 55.3 Å². The highest BCUT2D eigenvalue weighted by atomic mass is 35.5. The lowest BCUT2D eigenvalue weighted by Crippen LogP contribution is -2.44. The number of halogens is 1. The molecular formula is C12H16ClN3O2. The normalized spacial score (nSPS) is 19.6. The summed E-state index contributed by atoms with van der Waals surface area (Å²) in [5.74, 6) is 0.454. The minimum Gasteiger partial charge on any atom is -0.458 e. The molecule has 1 fully saturated rings. The summed E-state index contributed by atoms with van der Waals surface area (Å²) in [5.41, 5.74) is 0. The van der Waals surface area contributed by atoms with Gasteiger partial charge in [-0.05, 0) is 18.9 Å². The fourth-order valence-corrected chi connectivity index (χ4v) is 2.16. The summed E-state index contributed by atoms with van der Waals surface area (Å²) in [6, 6.07) is 2.11. The van der Waals surface area contributed by atoms with E-state index in [1.54, 1.807) is 23.4 Å². The minimum absolute atomic E-state index is 0.0274. The first-order valence-electron chi connectivity index (χ1n) is 6.07. The fourth-order valence-electron chi connectivity index (χ4n) is 2.00. The summed E-state index contributed by atoms with van der Waals surface area (Å²) in [7, 11) is 0. The van der Waals surface area contributed by atoms with Gasteiger partial charge in [-0.2, -0.15) is 0 Å². The number of carbonyl (C=O) groups is 1. The summed E-state index contributed by atoms with van der Waals surface area (Å²) in [6.45, 7) is 1.37. The van der Waals surface area contributed by atoms with Crippen LogP contribution in [0.3, 0.4) is 0 Å². The van der Waals surface area contributed by atoms with Crippen LogP contribution < -0.4 is 4.74 Å². The van der Waals surface area contributed by atoms with Gasteiger partial charge < -0.3 is 9.64 Å². The smallest absolute Gasteiger partial charge is 0.316 e. The monoisotopic (exact) mass is 269 g/mol. The Balaban J connectivity index is 1.89. The number of ether oxygens (including phenoxy) is 1. The molecule has 0 N–H and O–H groups in total. The zero-order chi connectivity index (χ0) is 12.8.